The molecule has 0 spiro atoms. The van der Waals surface area contributed by atoms with Crippen LogP contribution < -0.4 is 10.2 Å². The standard InChI is InChI=1S/C21H28N2OS/c1-4-23(5-2)20-13-11-18(12-14-20)15-22-21(24)17(3)25-16-19-9-7-6-8-10-19/h6-14,17H,4-5,15-16H2,1-3H3,(H,22,24). The Kier molecular flexibility index (Phi) is 7.86. The van der Waals surface area contributed by atoms with E-state index in [9.17, 15) is 4.79 Å². The Balaban J connectivity index is 1.78. The second kappa shape index (κ2) is 10.1. The summed E-state index contributed by atoms with van der Waals surface area (Å²) in [4.78, 5) is 14.6. The van der Waals surface area contributed by atoms with Gasteiger partial charge in [0.1, 0.15) is 0 Å². The van der Waals surface area contributed by atoms with Crippen LogP contribution in [-0.2, 0) is 17.1 Å². The molecule has 2 aromatic carbocycles. The van der Waals surface area contributed by atoms with Gasteiger partial charge in [-0.3, -0.25) is 4.79 Å². The van der Waals surface area contributed by atoms with Gasteiger partial charge < -0.3 is 10.2 Å². The number of thioether (sulfide) groups is 1. The number of nitrogens with zero attached hydrogens (tertiary/aromatic N) is 1. The number of hydrogen-bond donors (Lipinski definition) is 1. The second-order valence-electron chi connectivity index (χ2n) is 6.00. The quantitative estimate of drug-likeness (QED) is 0.719. The summed E-state index contributed by atoms with van der Waals surface area (Å²) in [5.41, 5.74) is 3.61. The van der Waals surface area contributed by atoms with Gasteiger partial charge in [0.05, 0.1) is 5.25 Å². The van der Waals surface area contributed by atoms with Crippen LogP contribution in [0.1, 0.15) is 31.9 Å². The summed E-state index contributed by atoms with van der Waals surface area (Å²) < 4.78 is 0. The highest BCUT2D eigenvalue weighted by molar-refractivity contribution is 7.99. The van der Waals surface area contributed by atoms with E-state index in [1.807, 2.05) is 25.1 Å². The molecule has 1 amide bonds. The van der Waals surface area contributed by atoms with E-state index in [4.69, 9.17) is 0 Å². The molecule has 4 heteroatoms. The van der Waals surface area contributed by atoms with Crippen LogP contribution in [0.15, 0.2) is 54.6 Å². The number of nitrogens with one attached hydrogen (secondary N) is 1. The summed E-state index contributed by atoms with van der Waals surface area (Å²) in [5, 5.41) is 2.98. The molecule has 25 heavy (non-hydrogen) atoms. The Hall–Kier alpha value is -1.94. The molecule has 2 aromatic rings. The van der Waals surface area contributed by atoms with Crippen LogP contribution in [0.25, 0.3) is 0 Å². The minimum Gasteiger partial charge on any atom is -0.372 e. The monoisotopic (exact) mass is 356 g/mol. The van der Waals surface area contributed by atoms with Gasteiger partial charge in [-0.25, -0.2) is 0 Å². The average molecular weight is 357 g/mol. The van der Waals surface area contributed by atoms with Crippen molar-refractivity contribution in [3.8, 4) is 0 Å². The molecule has 0 saturated carbocycles. The van der Waals surface area contributed by atoms with Crippen molar-refractivity contribution in [3.63, 3.8) is 0 Å². The first-order valence-corrected chi connectivity index (χ1v) is 9.96. The number of anilines is 1. The van der Waals surface area contributed by atoms with Gasteiger partial charge in [0.2, 0.25) is 5.91 Å². The minimum atomic E-state index is -0.0600. The number of carbonyl (C=O) groups is 1. The molecule has 0 bridgehead atoms. The lowest BCUT2D eigenvalue weighted by Gasteiger charge is -2.21. The fraction of sp³-hybridized carbons (Fsp3) is 0.381. The van der Waals surface area contributed by atoms with Crippen LogP contribution in [0.3, 0.4) is 0 Å². The Morgan fingerprint density at radius 1 is 1.00 bits per heavy atom. The van der Waals surface area contributed by atoms with Crippen molar-refractivity contribution in [1.29, 1.82) is 0 Å². The zero-order chi connectivity index (χ0) is 18.1. The van der Waals surface area contributed by atoms with Crippen molar-refractivity contribution in [2.24, 2.45) is 0 Å². The molecule has 134 valence electrons. The number of hydrogen-bond acceptors (Lipinski definition) is 3. The molecule has 0 heterocycles. The van der Waals surface area contributed by atoms with E-state index in [-0.39, 0.29) is 11.2 Å². The van der Waals surface area contributed by atoms with Gasteiger partial charge in [-0.05, 0) is 44.0 Å². The number of carbonyl (C=O) groups excluding carboxylic acids is 1. The van der Waals surface area contributed by atoms with E-state index < -0.39 is 0 Å². The molecule has 1 atom stereocenters. The molecule has 0 aliphatic rings. The zero-order valence-electron chi connectivity index (χ0n) is 15.4. The first-order valence-electron chi connectivity index (χ1n) is 8.91. The highest BCUT2D eigenvalue weighted by Crippen LogP contribution is 2.18. The van der Waals surface area contributed by atoms with Crippen LogP contribution in [0, 0.1) is 0 Å². The summed E-state index contributed by atoms with van der Waals surface area (Å²) in [5.74, 6) is 0.947. The van der Waals surface area contributed by atoms with Crippen LogP contribution in [0.4, 0.5) is 5.69 Å². The number of benzene rings is 2. The third-order valence-electron chi connectivity index (χ3n) is 4.24. The van der Waals surface area contributed by atoms with E-state index in [1.165, 1.54) is 11.3 Å². The lowest BCUT2D eigenvalue weighted by Crippen LogP contribution is -2.30. The van der Waals surface area contributed by atoms with E-state index in [0.717, 1.165) is 24.4 Å². The predicted octanol–water partition coefficient (Wildman–Crippen LogP) is 4.47. The summed E-state index contributed by atoms with van der Waals surface area (Å²) in [7, 11) is 0. The van der Waals surface area contributed by atoms with Gasteiger partial charge in [0.25, 0.3) is 0 Å². The average Bonchev–Trinajstić information content (AvgIpc) is 2.67. The Morgan fingerprint density at radius 3 is 2.24 bits per heavy atom. The number of amides is 1. The predicted molar refractivity (Wildman–Crippen MR) is 109 cm³/mol. The molecule has 0 fully saturated rings. The van der Waals surface area contributed by atoms with Crippen LogP contribution in [0.2, 0.25) is 0 Å². The maximum Gasteiger partial charge on any atom is 0.233 e. The summed E-state index contributed by atoms with van der Waals surface area (Å²) in [6.07, 6.45) is 0. The third-order valence-corrected chi connectivity index (χ3v) is 5.46. The Morgan fingerprint density at radius 2 is 1.64 bits per heavy atom. The third kappa shape index (κ3) is 6.13. The first kappa shape index (κ1) is 19.4. The summed E-state index contributed by atoms with van der Waals surface area (Å²) in [6, 6.07) is 18.7. The van der Waals surface area contributed by atoms with E-state index in [2.05, 4.69) is 60.5 Å². The van der Waals surface area contributed by atoms with E-state index >= 15 is 0 Å². The largest absolute Gasteiger partial charge is 0.372 e. The highest BCUT2D eigenvalue weighted by atomic mass is 32.2. The molecule has 0 aliphatic carbocycles. The number of rotatable bonds is 9. The van der Waals surface area contributed by atoms with Gasteiger partial charge in [-0.1, -0.05) is 42.5 Å². The van der Waals surface area contributed by atoms with Gasteiger partial charge in [-0.2, -0.15) is 0 Å². The summed E-state index contributed by atoms with van der Waals surface area (Å²) >= 11 is 1.67. The van der Waals surface area contributed by atoms with Gasteiger partial charge >= 0.3 is 0 Å². The van der Waals surface area contributed by atoms with Crippen molar-refractivity contribution in [3.05, 3.63) is 65.7 Å². The smallest absolute Gasteiger partial charge is 0.233 e. The van der Waals surface area contributed by atoms with Crippen molar-refractivity contribution in [2.45, 2.75) is 38.3 Å². The topological polar surface area (TPSA) is 32.3 Å². The van der Waals surface area contributed by atoms with Crippen molar-refractivity contribution in [2.75, 3.05) is 18.0 Å². The molecule has 1 unspecified atom stereocenters. The second-order valence-corrected chi connectivity index (χ2v) is 7.32. The molecule has 0 aliphatic heterocycles. The van der Waals surface area contributed by atoms with Gasteiger partial charge in [0, 0.05) is 31.1 Å². The summed E-state index contributed by atoms with van der Waals surface area (Å²) in [6.45, 7) is 8.86. The van der Waals surface area contributed by atoms with Gasteiger partial charge in [-0.15, -0.1) is 11.8 Å². The molecule has 0 aromatic heterocycles. The van der Waals surface area contributed by atoms with Crippen molar-refractivity contribution in [1.82, 2.24) is 5.32 Å². The SMILES string of the molecule is CCN(CC)c1ccc(CNC(=O)C(C)SCc2ccccc2)cc1. The Labute approximate surface area is 155 Å². The molecule has 3 nitrogen and oxygen atoms in total. The normalized spacial score (nSPS) is 11.8. The zero-order valence-corrected chi connectivity index (χ0v) is 16.2. The maximum absolute atomic E-state index is 12.3. The first-order chi connectivity index (χ1) is 12.1. The van der Waals surface area contributed by atoms with E-state index in [0.29, 0.717) is 6.54 Å². The molecule has 2 rings (SSSR count). The Bertz CT molecular complexity index is 639. The van der Waals surface area contributed by atoms with Crippen LogP contribution in [0.5, 0.6) is 0 Å². The lowest BCUT2D eigenvalue weighted by atomic mass is 10.2. The minimum absolute atomic E-state index is 0.0600. The fourth-order valence-electron chi connectivity index (χ4n) is 2.62. The molecular formula is C21H28N2OS. The fourth-order valence-corrected chi connectivity index (χ4v) is 3.49. The van der Waals surface area contributed by atoms with Gasteiger partial charge in [0.15, 0.2) is 0 Å². The molecular weight excluding hydrogens is 328 g/mol. The van der Waals surface area contributed by atoms with Crippen LogP contribution in [-0.4, -0.2) is 24.2 Å². The van der Waals surface area contributed by atoms with E-state index in [1.54, 1.807) is 11.8 Å². The lowest BCUT2D eigenvalue weighted by molar-refractivity contribution is -0.120. The van der Waals surface area contributed by atoms with Crippen molar-refractivity contribution < 1.29 is 4.79 Å². The molecule has 0 saturated heterocycles. The molecule has 1 N–H and O–H groups in total. The highest BCUT2D eigenvalue weighted by Gasteiger charge is 2.13. The van der Waals surface area contributed by atoms with Crippen LogP contribution >= 0.6 is 11.8 Å². The molecule has 0 radical (unpaired) electrons. The maximum atomic E-state index is 12.3. The van der Waals surface area contributed by atoms with Crippen molar-refractivity contribution >= 4 is 23.4 Å².